The zero-order valence-electron chi connectivity index (χ0n) is 9.30. The van der Waals surface area contributed by atoms with Crippen LogP contribution in [0.4, 0.5) is 5.69 Å². The van der Waals surface area contributed by atoms with Gasteiger partial charge in [-0.05, 0) is 53.5 Å². The van der Waals surface area contributed by atoms with E-state index in [0.29, 0.717) is 5.02 Å². The predicted molar refractivity (Wildman–Crippen MR) is 73.4 cm³/mol. The second-order valence-electron chi connectivity index (χ2n) is 4.12. The van der Waals surface area contributed by atoms with E-state index in [1.54, 1.807) is 12.1 Å². The number of piperidine rings is 1. The van der Waals surface area contributed by atoms with Crippen LogP contribution in [-0.4, -0.2) is 18.5 Å². The first-order chi connectivity index (χ1) is 8.16. The Morgan fingerprint density at radius 1 is 1.47 bits per heavy atom. The van der Waals surface area contributed by atoms with E-state index >= 15 is 0 Å². The van der Waals surface area contributed by atoms with Gasteiger partial charge in [0, 0.05) is 10.2 Å². The van der Waals surface area contributed by atoms with Crippen LogP contribution >= 0.6 is 27.5 Å². The topological polar surface area (TPSA) is 41.1 Å². The van der Waals surface area contributed by atoms with E-state index in [1.807, 2.05) is 6.07 Å². The SMILES string of the molecule is O=C(Nc1ccc(Cl)c(Br)c1)C1CCCCN1. The van der Waals surface area contributed by atoms with E-state index in [-0.39, 0.29) is 11.9 Å². The summed E-state index contributed by atoms with van der Waals surface area (Å²) in [7, 11) is 0. The minimum atomic E-state index is -0.0711. The van der Waals surface area contributed by atoms with E-state index in [1.165, 1.54) is 0 Å². The van der Waals surface area contributed by atoms with E-state index in [2.05, 4.69) is 26.6 Å². The fourth-order valence-electron chi connectivity index (χ4n) is 1.88. The van der Waals surface area contributed by atoms with Crippen molar-refractivity contribution < 1.29 is 4.79 Å². The third kappa shape index (κ3) is 3.44. The summed E-state index contributed by atoms with van der Waals surface area (Å²) in [6.07, 6.45) is 3.16. The number of anilines is 1. The molecule has 0 spiro atoms. The van der Waals surface area contributed by atoms with Crippen molar-refractivity contribution in [1.82, 2.24) is 5.32 Å². The molecule has 1 aliphatic heterocycles. The second kappa shape index (κ2) is 5.85. The summed E-state index contributed by atoms with van der Waals surface area (Å²) in [5, 5.41) is 6.74. The summed E-state index contributed by atoms with van der Waals surface area (Å²) in [4.78, 5) is 11.9. The number of hydrogen-bond donors (Lipinski definition) is 2. The molecule has 5 heteroatoms. The van der Waals surface area contributed by atoms with Crippen molar-refractivity contribution in [1.29, 1.82) is 0 Å². The molecular weight excluding hydrogens is 304 g/mol. The standard InChI is InChI=1S/C12H14BrClN2O/c13-9-7-8(4-5-10(9)14)16-12(17)11-3-1-2-6-15-11/h4-5,7,11,15H,1-3,6H2,(H,16,17). The van der Waals surface area contributed by atoms with Crippen LogP contribution in [0, 0.1) is 0 Å². The summed E-state index contributed by atoms with van der Waals surface area (Å²) < 4.78 is 0.786. The number of carbonyl (C=O) groups excluding carboxylic acids is 1. The minimum absolute atomic E-state index is 0.0268. The molecule has 1 saturated heterocycles. The van der Waals surface area contributed by atoms with Crippen molar-refractivity contribution in [3.8, 4) is 0 Å². The summed E-state index contributed by atoms with van der Waals surface area (Å²) >= 11 is 9.23. The quantitative estimate of drug-likeness (QED) is 0.879. The molecule has 0 aromatic heterocycles. The fraction of sp³-hybridized carbons (Fsp3) is 0.417. The monoisotopic (exact) mass is 316 g/mol. The third-order valence-corrected chi connectivity index (χ3v) is 4.03. The molecule has 1 amide bonds. The molecule has 2 N–H and O–H groups in total. The van der Waals surface area contributed by atoms with Gasteiger partial charge in [0.15, 0.2) is 0 Å². The Balaban J connectivity index is 1.99. The molecule has 0 radical (unpaired) electrons. The van der Waals surface area contributed by atoms with Gasteiger partial charge in [-0.15, -0.1) is 0 Å². The molecule has 0 bridgehead atoms. The van der Waals surface area contributed by atoms with Gasteiger partial charge in [-0.1, -0.05) is 18.0 Å². The van der Waals surface area contributed by atoms with E-state index in [9.17, 15) is 4.79 Å². The number of halogens is 2. The highest BCUT2D eigenvalue weighted by Crippen LogP contribution is 2.25. The van der Waals surface area contributed by atoms with Gasteiger partial charge in [-0.25, -0.2) is 0 Å². The summed E-state index contributed by atoms with van der Waals surface area (Å²) in [5.41, 5.74) is 0.763. The van der Waals surface area contributed by atoms with Crippen LogP contribution in [0.3, 0.4) is 0 Å². The first kappa shape index (κ1) is 12.9. The van der Waals surface area contributed by atoms with E-state index in [0.717, 1.165) is 36.0 Å². The number of carbonyl (C=O) groups is 1. The first-order valence-electron chi connectivity index (χ1n) is 5.66. The third-order valence-electron chi connectivity index (χ3n) is 2.81. The molecule has 0 saturated carbocycles. The molecule has 1 aliphatic rings. The Labute approximate surface area is 114 Å². The summed E-state index contributed by atoms with van der Waals surface area (Å²) in [6, 6.07) is 5.30. The molecule has 1 atom stereocenters. The lowest BCUT2D eigenvalue weighted by Crippen LogP contribution is -2.43. The molecule has 1 fully saturated rings. The summed E-state index contributed by atoms with van der Waals surface area (Å²) in [6.45, 7) is 0.919. The van der Waals surface area contributed by atoms with Gasteiger partial charge in [-0.3, -0.25) is 4.79 Å². The Kier molecular flexibility index (Phi) is 4.42. The number of nitrogens with one attached hydrogen (secondary N) is 2. The van der Waals surface area contributed by atoms with Gasteiger partial charge >= 0.3 is 0 Å². The smallest absolute Gasteiger partial charge is 0.241 e. The number of rotatable bonds is 2. The fourth-order valence-corrected chi connectivity index (χ4v) is 2.38. The zero-order valence-corrected chi connectivity index (χ0v) is 11.6. The Morgan fingerprint density at radius 2 is 2.29 bits per heavy atom. The number of benzene rings is 1. The molecular formula is C12H14BrClN2O. The molecule has 1 heterocycles. The van der Waals surface area contributed by atoms with Crippen LogP contribution in [-0.2, 0) is 4.79 Å². The van der Waals surface area contributed by atoms with Crippen LogP contribution in [0.1, 0.15) is 19.3 Å². The zero-order chi connectivity index (χ0) is 12.3. The molecule has 1 unspecified atom stereocenters. The van der Waals surface area contributed by atoms with Gasteiger partial charge < -0.3 is 10.6 Å². The normalized spacial score (nSPS) is 20.0. The average Bonchev–Trinajstić information content (AvgIpc) is 2.35. The maximum atomic E-state index is 11.9. The number of amides is 1. The van der Waals surface area contributed by atoms with E-state index in [4.69, 9.17) is 11.6 Å². The lowest BCUT2D eigenvalue weighted by molar-refractivity contribution is -0.118. The molecule has 1 aromatic carbocycles. The van der Waals surface area contributed by atoms with Crippen LogP contribution in [0.2, 0.25) is 5.02 Å². The van der Waals surface area contributed by atoms with Gasteiger partial charge in [-0.2, -0.15) is 0 Å². The molecule has 17 heavy (non-hydrogen) atoms. The van der Waals surface area contributed by atoms with Crippen LogP contribution in [0.5, 0.6) is 0 Å². The maximum Gasteiger partial charge on any atom is 0.241 e. The second-order valence-corrected chi connectivity index (χ2v) is 5.38. The lowest BCUT2D eigenvalue weighted by atomic mass is 10.0. The van der Waals surface area contributed by atoms with Gasteiger partial charge in [0.1, 0.15) is 0 Å². The highest BCUT2D eigenvalue weighted by Gasteiger charge is 2.20. The largest absolute Gasteiger partial charge is 0.325 e. The van der Waals surface area contributed by atoms with Crippen molar-refractivity contribution >= 4 is 39.1 Å². The summed E-state index contributed by atoms with van der Waals surface area (Å²) in [5.74, 6) is 0.0268. The molecule has 0 aliphatic carbocycles. The Morgan fingerprint density at radius 3 is 2.94 bits per heavy atom. The van der Waals surface area contributed by atoms with Crippen molar-refractivity contribution in [3.63, 3.8) is 0 Å². The van der Waals surface area contributed by atoms with Crippen molar-refractivity contribution in [2.45, 2.75) is 25.3 Å². The van der Waals surface area contributed by atoms with Crippen LogP contribution in [0.25, 0.3) is 0 Å². The lowest BCUT2D eigenvalue weighted by Gasteiger charge is -2.22. The molecule has 1 aromatic rings. The van der Waals surface area contributed by atoms with E-state index < -0.39 is 0 Å². The predicted octanol–water partition coefficient (Wildman–Crippen LogP) is 3.18. The number of hydrogen-bond acceptors (Lipinski definition) is 2. The van der Waals surface area contributed by atoms with Crippen molar-refractivity contribution in [3.05, 3.63) is 27.7 Å². The highest BCUT2D eigenvalue weighted by atomic mass is 79.9. The Bertz CT molecular complexity index is 419. The van der Waals surface area contributed by atoms with Gasteiger partial charge in [0.05, 0.1) is 11.1 Å². The first-order valence-corrected chi connectivity index (χ1v) is 6.83. The van der Waals surface area contributed by atoms with Crippen LogP contribution < -0.4 is 10.6 Å². The Hall–Kier alpha value is -0.580. The average molecular weight is 318 g/mol. The molecule has 3 nitrogen and oxygen atoms in total. The maximum absolute atomic E-state index is 11.9. The van der Waals surface area contributed by atoms with Gasteiger partial charge in [0.2, 0.25) is 5.91 Å². The minimum Gasteiger partial charge on any atom is -0.325 e. The van der Waals surface area contributed by atoms with Gasteiger partial charge in [0.25, 0.3) is 0 Å². The highest BCUT2D eigenvalue weighted by molar-refractivity contribution is 9.10. The molecule has 2 rings (SSSR count). The molecule has 92 valence electrons. The van der Waals surface area contributed by atoms with Crippen molar-refractivity contribution in [2.24, 2.45) is 0 Å². The van der Waals surface area contributed by atoms with Crippen molar-refractivity contribution in [2.75, 3.05) is 11.9 Å². The van der Waals surface area contributed by atoms with Crippen LogP contribution in [0.15, 0.2) is 22.7 Å².